The molecule has 0 aromatic rings. The summed E-state index contributed by atoms with van der Waals surface area (Å²) in [6, 6.07) is 0. The molecule has 18 heavy (non-hydrogen) atoms. The average molecular weight is 259 g/mol. The van der Waals surface area contributed by atoms with Crippen molar-refractivity contribution in [1.82, 2.24) is 4.90 Å². The second-order valence-corrected chi connectivity index (χ2v) is 5.15. The molecular formula is C12H25N3O3. The van der Waals surface area contributed by atoms with E-state index in [1.54, 1.807) is 4.90 Å². The van der Waals surface area contributed by atoms with Gasteiger partial charge in [-0.05, 0) is 11.8 Å². The molecule has 3 N–H and O–H groups in total. The van der Waals surface area contributed by atoms with E-state index in [-0.39, 0.29) is 11.9 Å². The first-order valence-corrected chi connectivity index (χ1v) is 6.24. The quantitative estimate of drug-likeness (QED) is 0.316. The molecule has 1 amide bonds. The van der Waals surface area contributed by atoms with Crippen molar-refractivity contribution in [2.45, 2.75) is 34.1 Å². The van der Waals surface area contributed by atoms with Gasteiger partial charge in [-0.1, -0.05) is 32.9 Å². The Bertz CT molecular complexity index is 278. The fourth-order valence-electron chi connectivity index (χ4n) is 1.33. The zero-order valence-electron chi connectivity index (χ0n) is 11.7. The van der Waals surface area contributed by atoms with Gasteiger partial charge in [0.25, 0.3) is 0 Å². The van der Waals surface area contributed by atoms with Gasteiger partial charge >= 0.3 is 6.09 Å². The fraction of sp³-hybridized carbons (Fsp3) is 0.833. The van der Waals surface area contributed by atoms with Gasteiger partial charge in [-0.3, -0.25) is 0 Å². The highest BCUT2D eigenvalue weighted by Crippen LogP contribution is 2.04. The second kappa shape index (κ2) is 8.60. The maximum Gasteiger partial charge on any atom is 0.409 e. The Labute approximate surface area is 109 Å². The first kappa shape index (κ1) is 16.5. The van der Waals surface area contributed by atoms with Crippen molar-refractivity contribution in [2.75, 3.05) is 19.7 Å². The van der Waals surface area contributed by atoms with Crippen molar-refractivity contribution in [3.63, 3.8) is 0 Å². The number of rotatable bonds is 7. The van der Waals surface area contributed by atoms with Crippen molar-refractivity contribution in [3.8, 4) is 0 Å². The second-order valence-electron chi connectivity index (χ2n) is 5.15. The summed E-state index contributed by atoms with van der Waals surface area (Å²) >= 11 is 0. The van der Waals surface area contributed by atoms with Crippen LogP contribution in [0.15, 0.2) is 5.16 Å². The number of nitrogens with zero attached hydrogens (tertiary/aromatic N) is 2. The zero-order chi connectivity index (χ0) is 14.1. The van der Waals surface area contributed by atoms with E-state index in [1.165, 1.54) is 0 Å². The fourth-order valence-corrected chi connectivity index (χ4v) is 1.33. The molecule has 106 valence electrons. The summed E-state index contributed by atoms with van der Waals surface area (Å²) in [5, 5.41) is 11.4. The standard InChI is InChI=1S/C12H25N3O3/c1-9(2)7-15(6-5-11(13)14-17)12(16)18-8-10(3)4/h9-10,17H,5-8H2,1-4H3,(H2,13,14). The Morgan fingerprint density at radius 2 is 1.94 bits per heavy atom. The minimum absolute atomic E-state index is 0.111. The van der Waals surface area contributed by atoms with Gasteiger partial charge in [0, 0.05) is 19.5 Å². The largest absolute Gasteiger partial charge is 0.449 e. The Kier molecular flexibility index (Phi) is 7.91. The van der Waals surface area contributed by atoms with E-state index in [0.717, 1.165) is 0 Å². The molecule has 0 bridgehead atoms. The lowest BCUT2D eigenvalue weighted by atomic mass is 10.2. The van der Waals surface area contributed by atoms with Crippen LogP contribution in [0, 0.1) is 11.8 Å². The Morgan fingerprint density at radius 1 is 1.33 bits per heavy atom. The third-order valence-electron chi connectivity index (χ3n) is 2.15. The molecule has 0 saturated carbocycles. The maximum atomic E-state index is 11.8. The van der Waals surface area contributed by atoms with Crippen LogP contribution in [0.2, 0.25) is 0 Å². The van der Waals surface area contributed by atoms with Gasteiger partial charge < -0.3 is 20.6 Å². The smallest absolute Gasteiger partial charge is 0.409 e. The predicted octanol–water partition coefficient (Wildman–Crippen LogP) is 1.87. The number of amides is 1. The lowest BCUT2D eigenvalue weighted by Gasteiger charge is -2.24. The van der Waals surface area contributed by atoms with Crippen molar-refractivity contribution in [3.05, 3.63) is 0 Å². The van der Waals surface area contributed by atoms with Gasteiger partial charge in [0.05, 0.1) is 6.61 Å². The number of amidine groups is 1. The summed E-state index contributed by atoms with van der Waals surface area (Å²) in [4.78, 5) is 13.4. The van der Waals surface area contributed by atoms with E-state index in [2.05, 4.69) is 5.16 Å². The van der Waals surface area contributed by atoms with Gasteiger partial charge in [-0.2, -0.15) is 0 Å². The molecule has 0 aliphatic heterocycles. The Hall–Kier alpha value is -1.46. The molecule has 0 spiro atoms. The SMILES string of the molecule is CC(C)COC(=O)N(CCC(N)=NO)CC(C)C. The summed E-state index contributed by atoms with van der Waals surface area (Å²) in [6.07, 6.45) is -0.0110. The number of ether oxygens (including phenoxy) is 1. The van der Waals surface area contributed by atoms with Gasteiger partial charge in [-0.25, -0.2) is 4.79 Å². The van der Waals surface area contributed by atoms with Crippen LogP contribution < -0.4 is 5.73 Å². The van der Waals surface area contributed by atoms with E-state index in [0.29, 0.717) is 38.0 Å². The van der Waals surface area contributed by atoms with E-state index < -0.39 is 0 Å². The van der Waals surface area contributed by atoms with Crippen LogP contribution >= 0.6 is 0 Å². The lowest BCUT2D eigenvalue weighted by molar-refractivity contribution is 0.0889. The predicted molar refractivity (Wildman–Crippen MR) is 70.6 cm³/mol. The minimum atomic E-state index is -0.344. The molecule has 0 saturated heterocycles. The number of hydrogen-bond acceptors (Lipinski definition) is 4. The summed E-state index contributed by atoms with van der Waals surface area (Å²) < 4.78 is 5.18. The molecule has 0 rings (SSSR count). The summed E-state index contributed by atoms with van der Waals surface area (Å²) in [5.41, 5.74) is 5.40. The van der Waals surface area contributed by atoms with Gasteiger partial charge in [0.15, 0.2) is 0 Å². The average Bonchev–Trinajstić information content (AvgIpc) is 2.30. The van der Waals surface area contributed by atoms with E-state index >= 15 is 0 Å². The molecule has 0 aromatic heterocycles. The van der Waals surface area contributed by atoms with E-state index in [4.69, 9.17) is 15.7 Å². The van der Waals surface area contributed by atoms with Gasteiger partial charge in [0.1, 0.15) is 5.84 Å². The summed E-state index contributed by atoms with van der Waals surface area (Å²) in [7, 11) is 0. The molecule has 0 radical (unpaired) electrons. The van der Waals surface area contributed by atoms with Crippen LogP contribution in [0.4, 0.5) is 4.79 Å². The first-order chi connectivity index (χ1) is 8.36. The topological polar surface area (TPSA) is 88.2 Å². The van der Waals surface area contributed by atoms with E-state index in [1.807, 2.05) is 27.7 Å². The van der Waals surface area contributed by atoms with Crippen LogP contribution in [-0.4, -0.2) is 41.7 Å². The van der Waals surface area contributed by atoms with Gasteiger partial charge in [-0.15, -0.1) is 0 Å². The number of nitrogens with two attached hydrogens (primary N) is 1. The Morgan fingerprint density at radius 3 is 2.39 bits per heavy atom. The van der Waals surface area contributed by atoms with E-state index in [9.17, 15) is 4.79 Å². The Balaban J connectivity index is 4.33. The molecule has 6 heteroatoms. The number of oxime groups is 1. The monoisotopic (exact) mass is 259 g/mol. The zero-order valence-corrected chi connectivity index (χ0v) is 11.7. The molecule has 0 aromatic carbocycles. The number of hydrogen-bond donors (Lipinski definition) is 2. The molecule has 0 aliphatic rings. The highest BCUT2D eigenvalue weighted by atomic mass is 16.6. The van der Waals surface area contributed by atoms with Crippen LogP contribution in [0.3, 0.4) is 0 Å². The molecule has 0 atom stereocenters. The third kappa shape index (κ3) is 7.76. The lowest BCUT2D eigenvalue weighted by Crippen LogP contribution is -2.37. The maximum absolute atomic E-state index is 11.8. The number of carbonyl (C=O) groups is 1. The molecule has 0 heterocycles. The third-order valence-corrected chi connectivity index (χ3v) is 2.15. The first-order valence-electron chi connectivity index (χ1n) is 6.24. The molecule has 0 unspecified atom stereocenters. The molecule has 6 nitrogen and oxygen atoms in total. The highest BCUT2D eigenvalue weighted by molar-refractivity contribution is 5.80. The highest BCUT2D eigenvalue weighted by Gasteiger charge is 2.17. The molecule has 0 aliphatic carbocycles. The molecule has 0 fully saturated rings. The summed E-state index contributed by atoms with van der Waals surface area (Å²) in [6.45, 7) is 9.39. The van der Waals surface area contributed by atoms with Crippen molar-refractivity contribution < 1.29 is 14.7 Å². The van der Waals surface area contributed by atoms with Crippen LogP contribution in [0.5, 0.6) is 0 Å². The van der Waals surface area contributed by atoms with Crippen LogP contribution in [0.25, 0.3) is 0 Å². The van der Waals surface area contributed by atoms with Crippen LogP contribution in [-0.2, 0) is 4.74 Å². The molecular weight excluding hydrogens is 234 g/mol. The number of carbonyl (C=O) groups excluding carboxylic acids is 1. The van der Waals surface area contributed by atoms with Crippen molar-refractivity contribution in [2.24, 2.45) is 22.7 Å². The minimum Gasteiger partial charge on any atom is -0.449 e. The normalized spacial score (nSPS) is 12.0. The van der Waals surface area contributed by atoms with Crippen molar-refractivity contribution >= 4 is 11.9 Å². The van der Waals surface area contributed by atoms with Crippen molar-refractivity contribution in [1.29, 1.82) is 0 Å². The van der Waals surface area contributed by atoms with Gasteiger partial charge in [0.2, 0.25) is 0 Å². The summed E-state index contributed by atoms with van der Waals surface area (Å²) in [5.74, 6) is 0.753. The van der Waals surface area contributed by atoms with Crippen LogP contribution in [0.1, 0.15) is 34.1 Å².